The van der Waals surface area contributed by atoms with Crippen molar-refractivity contribution in [2.75, 3.05) is 44.7 Å². The summed E-state index contributed by atoms with van der Waals surface area (Å²) in [6, 6.07) is 16.2. The van der Waals surface area contributed by atoms with Crippen LogP contribution in [0, 0.1) is 17.0 Å². The molecule has 8 nitrogen and oxygen atoms in total. The molecule has 0 atom stereocenters. The van der Waals surface area contributed by atoms with Crippen molar-refractivity contribution in [2.45, 2.75) is 35.9 Å². The van der Waals surface area contributed by atoms with E-state index >= 15 is 0 Å². The van der Waals surface area contributed by atoms with Crippen LogP contribution >= 0.6 is 11.8 Å². The molecule has 0 radical (unpaired) electrons. The van der Waals surface area contributed by atoms with Gasteiger partial charge >= 0.3 is 12.2 Å². The fraction of sp³-hybridized carbons (Fsp3) is 0.345. The Morgan fingerprint density at radius 2 is 1.76 bits per heavy atom. The van der Waals surface area contributed by atoms with E-state index in [0.717, 1.165) is 47.1 Å². The maximum Gasteiger partial charge on any atom is 0.416 e. The zero-order valence-corrected chi connectivity index (χ0v) is 23.3. The quantitative estimate of drug-likeness (QED) is 0.206. The lowest BCUT2D eigenvalue weighted by atomic mass is 10.1. The Hall–Kier alpha value is -3.61. The number of carbonyl (C=O) groups is 1. The van der Waals surface area contributed by atoms with Gasteiger partial charge in [0, 0.05) is 60.3 Å². The Balaban J connectivity index is 1.56. The van der Waals surface area contributed by atoms with E-state index in [1.54, 1.807) is 6.07 Å². The molecule has 1 heterocycles. The number of carbonyl (C=O) groups excluding carboxylic acids is 1. The predicted octanol–water partition coefficient (Wildman–Crippen LogP) is 6.83. The van der Waals surface area contributed by atoms with Crippen LogP contribution in [0.5, 0.6) is 0 Å². The maximum absolute atomic E-state index is 13.4. The fourth-order valence-electron chi connectivity index (χ4n) is 4.35. The van der Waals surface area contributed by atoms with Gasteiger partial charge in [0.2, 0.25) is 0 Å². The molecule has 0 spiro atoms. The Kier molecular flexibility index (Phi) is 10.2. The van der Waals surface area contributed by atoms with Crippen molar-refractivity contribution < 1.29 is 27.6 Å². The lowest BCUT2D eigenvalue weighted by molar-refractivity contribution is -0.385. The third kappa shape index (κ3) is 8.94. The number of ether oxygens (including phenoxy) is 1. The van der Waals surface area contributed by atoms with Crippen LogP contribution < -0.4 is 5.32 Å². The summed E-state index contributed by atoms with van der Waals surface area (Å²) in [7, 11) is 0. The molecule has 4 rings (SSSR count). The van der Waals surface area contributed by atoms with Crippen LogP contribution in [0.2, 0.25) is 0 Å². The van der Waals surface area contributed by atoms with E-state index < -0.39 is 22.7 Å². The minimum Gasteiger partial charge on any atom is -0.379 e. The Morgan fingerprint density at radius 3 is 2.39 bits per heavy atom. The summed E-state index contributed by atoms with van der Waals surface area (Å²) >= 11 is 1.44. The van der Waals surface area contributed by atoms with E-state index in [-0.39, 0.29) is 17.9 Å². The molecule has 0 aliphatic carbocycles. The van der Waals surface area contributed by atoms with Crippen LogP contribution in [-0.4, -0.2) is 60.1 Å². The minimum absolute atomic E-state index is 0.0749. The number of amides is 2. The molecule has 0 unspecified atom stereocenters. The van der Waals surface area contributed by atoms with Gasteiger partial charge in [0.05, 0.1) is 23.7 Å². The van der Waals surface area contributed by atoms with Gasteiger partial charge in [-0.1, -0.05) is 29.5 Å². The van der Waals surface area contributed by atoms with Crippen molar-refractivity contribution in [1.82, 2.24) is 9.80 Å². The highest BCUT2D eigenvalue weighted by Crippen LogP contribution is 2.34. The summed E-state index contributed by atoms with van der Waals surface area (Å²) < 4.78 is 44.4. The minimum atomic E-state index is -4.48. The molecule has 2 amide bonds. The van der Waals surface area contributed by atoms with Crippen molar-refractivity contribution in [3.05, 3.63) is 93.5 Å². The number of hydrogen-bond donors (Lipinski definition) is 1. The Labute approximate surface area is 240 Å². The van der Waals surface area contributed by atoms with Crippen LogP contribution in [0.15, 0.2) is 76.5 Å². The smallest absolute Gasteiger partial charge is 0.379 e. The molecule has 0 bridgehead atoms. The van der Waals surface area contributed by atoms with Crippen molar-refractivity contribution in [1.29, 1.82) is 0 Å². The normalized spacial score (nSPS) is 14.0. The number of anilines is 1. The first kappa shape index (κ1) is 30.4. The van der Waals surface area contributed by atoms with Crippen LogP contribution in [0.3, 0.4) is 0 Å². The van der Waals surface area contributed by atoms with Crippen molar-refractivity contribution >= 4 is 29.2 Å². The average Bonchev–Trinajstić information content (AvgIpc) is 2.94. The first-order valence-electron chi connectivity index (χ1n) is 13.1. The second-order valence-electron chi connectivity index (χ2n) is 9.70. The molecule has 12 heteroatoms. The molecular formula is C29H31F3N4O4S. The summed E-state index contributed by atoms with van der Waals surface area (Å²) in [6.07, 6.45) is -3.85. The molecule has 3 aromatic carbocycles. The van der Waals surface area contributed by atoms with Gasteiger partial charge in [-0.3, -0.25) is 15.0 Å². The average molecular weight is 589 g/mol. The summed E-state index contributed by atoms with van der Waals surface area (Å²) in [5.74, 6) is 0. The number of alkyl halides is 3. The maximum atomic E-state index is 13.4. The number of non-ortho nitro benzene ring substituents is 1. The molecule has 41 heavy (non-hydrogen) atoms. The number of nitrogens with zero attached hydrogens (tertiary/aromatic N) is 3. The molecule has 218 valence electrons. The number of urea groups is 1. The Bertz CT molecular complexity index is 1330. The number of nitro benzene ring substituents is 1. The summed E-state index contributed by atoms with van der Waals surface area (Å²) in [5, 5.41) is 14.3. The van der Waals surface area contributed by atoms with Crippen molar-refractivity contribution in [3.63, 3.8) is 0 Å². The van der Waals surface area contributed by atoms with Gasteiger partial charge in [0.1, 0.15) is 0 Å². The van der Waals surface area contributed by atoms with Crippen molar-refractivity contribution in [3.8, 4) is 0 Å². The molecule has 1 aliphatic heterocycles. The van der Waals surface area contributed by atoms with E-state index in [2.05, 4.69) is 10.2 Å². The van der Waals surface area contributed by atoms with E-state index in [1.165, 1.54) is 40.9 Å². The highest BCUT2D eigenvalue weighted by Gasteiger charge is 2.30. The number of aryl methyl sites for hydroxylation is 1. The van der Waals surface area contributed by atoms with Gasteiger partial charge in [-0.15, -0.1) is 0 Å². The zero-order valence-electron chi connectivity index (χ0n) is 22.5. The van der Waals surface area contributed by atoms with E-state index in [4.69, 9.17) is 4.74 Å². The number of hydrogen-bond acceptors (Lipinski definition) is 6. The molecular weight excluding hydrogens is 557 g/mol. The predicted molar refractivity (Wildman–Crippen MR) is 151 cm³/mol. The summed E-state index contributed by atoms with van der Waals surface area (Å²) in [5.41, 5.74) is 1.01. The van der Waals surface area contributed by atoms with Crippen LogP contribution in [0.25, 0.3) is 0 Å². The lowest BCUT2D eigenvalue weighted by Crippen LogP contribution is -2.40. The second-order valence-corrected chi connectivity index (χ2v) is 10.8. The van der Waals surface area contributed by atoms with Gasteiger partial charge < -0.3 is 15.0 Å². The molecule has 1 N–H and O–H groups in total. The first-order chi connectivity index (χ1) is 19.6. The third-order valence-corrected chi connectivity index (χ3v) is 7.75. The highest BCUT2D eigenvalue weighted by molar-refractivity contribution is 7.99. The summed E-state index contributed by atoms with van der Waals surface area (Å²) in [4.78, 5) is 30.0. The zero-order chi connectivity index (χ0) is 29.4. The fourth-order valence-corrected chi connectivity index (χ4v) is 5.27. The topological polar surface area (TPSA) is 88.0 Å². The molecule has 1 aliphatic rings. The van der Waals surface area contributed by atoms with Gasteiger partial charge in [-0.25, -0.2) is 4.79 Å². The first-order valence-corrected chi connectivity index (χ1v) is 14.0. The van der Waals surface area contributed by atoms with Gasteiger partial charge in [-0.05, 0) is 61.4 Å². The number of morpholine rings is 1. The molecule has 1 fully saturated rings. The molecule has 0 saturated carbocycles. The van der Waals surface area contributed by atoms with Gasteiger partial charge in [0.25, 0.3) is 5.69 Å². The van der Waals surface area contributed by atoms with Crippen LogP contribution in [-0.2, 0) is 17.5 Å². The van der Waals surface area contributed by atoms with E-state index in [0.29, 0.717) is 31.7 Å². The molecule has 1 saturated heterocycles. The van der Waals surface area contributed by atoms with Crippen molar-refractivity contribution in [2.24, 2.45) is 0 Å². The standard InChI is InChI=1S/C29H31F3N4O4S/c1-21-3-10-26(11-4-21)41-27-12-9-25(36(38)39)19-22(27)20-35(14-2-13-34-15-17-40-18-16-34)28(37)33-24-7-5-23(6-8-24)29(30,31)32/h3-12,19H,2,13-18,20H2,1H3,(H,33,37). The van der Waals surface area contributed by atoms with Gasteiger partial charge in [0.15, 0.2) is 0 Å². The van der Waals surface area contributed by atoms with Crippen LogP contribution in [0.4, 0.5) is 29.3 Å². The number of halogens is 3. The Morgan fingerprint density at radius 1 is 1.07 bits per heavy atom. The molecule has 3 aromatic rings. The third-order valence-electron chi connectivity index (χ3n) is 6.62. The van der Waals surface area contributed by atoms with Crippen LogP contribution in [0.1, 0.15) is 23.1 Å². The second kappa shape index (κ2) is 13.8. The number of benzene rings is 3. The number of nitrogens with one attached hydrogen (secondary N) is 1. The highest BCUT2D eigenvalue weighted by atomic mass is 32.2. The largest absolute Gasteiger partial charge is 0.416 e. The lowest BCUT2D eigenvalue weighted by Gasteiger charge is -2.29. The number of nitro groups is 1. The molecule has 0 aromatic heterocycles. The van der Waals surface area contributed by atoms with E-state index in [9.17, 15) is 28.1 Å². The number of rotatable bonds is 10. The monoisotopic (exact) mass is 588 g/mol. The van der Waals surface area contributed by atoms with E-state index in [1.807, 2.05) is 31.2 Å². The van der Waals surface area contributed by atoms with Gasteiger partial charge in [-0.2, -0.15) is 13.2 Å². The SMILES string of the molecule is Cc1ccc(Sc2ccc([N+](=O)[O-])cc2CN(CCCN2CCOCC2)C(=O)Nc2ccc(C(F)(F)F)cc2)cc1. The summed E-state index contributed by atoms with van der Waals surface area (Å²) in [6.45, 7) is 5.99.